The van der Waals surface area contributed by atoms with Crippen molar-refractivity contribution in [2.75, 3.05) is 30.3 Å². The van der Waals surface area contributed by atoms with Gasteiger partial charge in [0.1, 0.15) is 24.0 Å². The van der Waals surface area contributed by atoms with E-state index >= 15 is 0 Å². The Kier molecular flexibility index (Phi) is 9.02. The summed E-state index contributed by atoms with van der Waals surface area (Å²) in [6.45, 7) is 8.37. The highest BCUT2D eigenvalue weighted by Crippen LogP contribution is 2.35. The number of benzene rings is 1. The summed E-state index contributed by atoms with van der Waals surface area (Å²) in [5.41, 5.74) is 1.81. The standard InChI is InChI=1S/C31H41FN8O4SSi/c1-38-17-24(16-33-38)35-31-36-29(34-23-6-5-13-40(18-23)45(42,43)25-11-12-25)27-26(28(41)21-7-9-22(32)10-8-21)19-39(30(27)37-31)20-44-14-15-46(2,3)4/h7-10,16-17,19,23,25H,5-6,11-15,18,20H2,1-4H3,(H2,34,35,36,37)/t23-/m1/s1. The van der Waals surface area contributed by atoms with Gasteiger partial charge in [0.2, 0.25) is 16.0 Å². The lowest BCUT2D eigenvalue weighted by molar-refractivity contribution is 0.0896. The highest BCUT2D eigenvalue weighted by atomic mass is 32.2. The number of carbonyl (C=O) groups is 1. The Bertz CT molecular complexity index is 1830. The molecule has 1 aliphatic heterocycles. The molecule has 1 saturated carbocycles. The number of nitrogens with zero attached hydrogens (tertiary/aromatic N) is 6. The minimum absolute atomic E-state index is 0.164. The number of sulfonamides is 1. The average molecular weight is 669 g/mol. The molecule has 15 heteroatoms. The molecule has 1 saturated heterocycles. The number of anilines is 3. The van der Waals surface area contributed by atoms with E-state index in [2.05, 4.69) is 35.4 Å². The van der Waals surface area contributed by atoms with Gasteiger partial charge in [0.15, 0.2) is 5.78 Å². The third kappa shape index (κ3) is 7.32. The summed E-state index contributed by atoms with van der Waals surface area (Å²) < 4.78 is 51.1. The van der Waals surface area contributed by atoms with Crippen LogP contribution in [0.5, 0.6) is 0 Å². The number of hydrogen-bond donors (Lipinski definition) is 2. The maximum Gasteiger partial charge on any atom is 0.231 e. The molecule has 1 aliphatic carbocycles. The zero-order chi connectivity index (χ0) is 32.6. The molecule has 0 bridgehead atoms. The minimum Gasteiger partial charge on any atom is -0.365 e. The lowest BCUT2D eigenvalue weighted by Gasteiger charge is -2.33. The summed E-state index contributed by atoms with van der Waals surface area (Å²) in [6, 6.07) is 6.17. The molecule has 0 radical (unpaired) electrons. The van der Waals surface area contributed by atoms with Gasteiger partial charge in [0, 0.05) is 58.8 Å². The van der Waals surface area contributed by atoms with E-state index in [1.54, 1.807) is 32.1 Å². The Morgan fingerprint density at radius 1 is 1.11 bits per heavy atom. The molecule has 0 unspecified atom stereocenters. The maximum atomic E-state index is 14.0. The fourth-order valence-electron chi connectivity index (χ4n) is 5.59. The van der Waals surface area contributed by atoms with Gasteiger partial charge in [-0.25, -0.2) is 12.8 Å². The first-order chi connectivity index (χ1) is 21.9. The number of piperidine rings is 1. The fraction of sp³-hybridized carbons (Fsp3) is 0.484. The quantitative estimate of drug-likeness (QED) is 0.115. The van der Waals surface area contributed by atoms with Crippen LogP contribution in [0.25, 0.3) is 11.0 Å². The van der Waals surface area contributed by atoms with Crippen LogP contribution < -0.4 is 10.6 Å². The number of nitrogens with one attached hydrogen (secondary N) is 2. The second-order valence-corrected chi connectivity index (χ2v) is 21.2. The molecule has 12 nitrogen and oxygen atoms in total. The number of aromatic nitrogens is 5. The maximum absolute atomic E-state index is 14.0. The van der Waals surface area contributed by atoms with Crippen LogP contribution in [0.15, 0.2) is 42.9 Å². The normalized spacial score (nSPS) is 17.8. The van der Waals surface area contributed by atoms with E-state index in [1.807, 2.05) is 7.05 Å². The van der Waals surface area contributed by atoms with Gasteiger partial charge in [-0.05, 0) is 56.0 Å². The molecule has 2 fully saturated rings. The number of halogens is 1. The molecule has 46 heavy (non-hydrogen) atoms. The largest absolute Gasteiger partial charge is 0.365 e. The van der Waals surface area contributed by atoms with E-state index in [9.17, 15) is 17.6 Å². The van der Waals surface area contributed by atoms with Gasteiger partial charge in [-0.15, -0.1) is 0 Å². The molecule has 246 valence electrons. The van der Waals surface area contributed by atoms with Gasteiger partial charge in [-0.2, -0.15) is 19.4 Å². The smallest absolute Gasteiger partial charge is 0.231 e. The van der Waals surface area contributed by atoms with Crippen LogP contribution in [-0.4, -0.2) is 81.9 Å². The molecule has 2 N–H and O–H groups in total. The predicted octanol–water partition coefficient (Wildman–Crippen LogP) is 4.96. The Morgan fingerprint density at radius 2 is 1.87 bits per heavy atom. The van der Waals surface area contributed by atoms with Gasteiger partial charge < -0.3 is 19.9 Å². The molecule has 1 aromatic carbocycles. The van der Waals surface area contributed by atoms with Crippen LogP contribution in [-0.2, 0) is 28.5 Å². The molecule has 1 atom stereocenters. The molecule has 2 aliphatic rings. The van der Waals surface area contributed by atoms with Gasteiger partial charge in [-0.3, -0.25) is 9.48 Å². The summed E-state index contributed by atoms with van der Waals surface area (Å²) >= 11 is 0. The van der Waals surface area contributed by atoms with Crippen LogP contribution in [0, 0.1) is 5.82 Å². The predicted molar refractivity (Wildman–Crippen MR) is 178 cm³/mol. The molecule has 6 rings (SSSR count). The van der Waals surface area contributed by atoms with Crippen LogP contribution in [0.1, 0.15) is 41.6 Å². The first-order valence-electron chi connectivity index (χ1n) is 15.7. The number of ketones is 1. The van der Waals surface area contributed by atoms with Gasteiger partial charge in [-0.1, -0.05) is 19.6 Å². The van der Waals surface area contributed by atoms with E-state index in [-0.39, 0.29) is 29.8 Å². The van der Waals surface area contributed by atoms with Crippen molar-refractivity contribution in [3.63, 3.8) is 0 Å². The second kappa shape index (κ2) is 12.9. The lowest BCUT2D eigenvalue weighted by Crippen LogP contribution is -2.46. The number of hydrogen-bond acceptors (Lipinski definition) is 9. The average Bonchev–Trinajstić information content (AvgIpc) is 3.71. The van der Waals surface area contributed by atoms with Crippen LogP contribution in [0.3, 0.4) is 0 Å². The molecule has 3 aromatic heterocycles. The number of fused-ring (bicyclic) bond motifs is 1. The van der Waals surface area contributed by atoms with Crippen molar-refractivity contribution in [3.8, 4) is 0 Å². The summed E-state index contributed by atoms with van der Waals surface area (Å²) in [5.74, 6) is -0.0662. The van der Waals surface area contributed by atoms with E-state index in [0.717, 1.165) is 12.5 Å². The fourth-order valence-corrected chi connectivity index (χ4v) is 8.27. The Hall–Kier alpha value is -3.66. The topological polar surface area (TPSA) is 136 Å². The Labute approximate surface area is 269 Å². The lowest BCUT2D eigenvalue weighted by atomic mass is 10.0. The van der Waals surface area contributed by atoms with Crippen molar-refractivity contribution < 1.29 is 22.3 Å². The van der Waals surface area contributed by atoms with Crippen molar-refractivity contribution >= 4 is 52.4 Å². The van der Waals surface area contributed by atoms with Gasteiger partial charge in [0.25, 0.3) is 0 Å². The molecule has 0 spiro atoms. The van der Waals surface area contributed by atoms with Gasteiger partial charge >= 0.3 is 0 Å². The number of aryl methyl sites for hydroxylation is 1. The Morgan fingerprint density at radius 3 is 2.54 bits per heavy atom. The first kappa shape index (κ1) is 32.3. The van der Waals surface area contributed by atoms with E-state index in [4.69, 9.17) is 14.7 Å². The number of ether oxygens (including phenoxy) is 1. The molecular weight excluding hydrogens is 628 g/mol. The third-order valence-corrected chi connectivity index (χ3v) is 12.4. The molecule has 4 heterocycles. The zero-order valence-electron chi connectivity index (χ0n) is 26.7. The minimum atomic E-state index is -3.35. The monoisotopic (exact) mass is 668 g/mol. The van der Waals surface area contributed by atoms with Crippen molar-refractivity contribution in [1.29, 1.82) is 0 Å². The SMILES string of the molecule is Cn1cc(Nc2nc(N[C@@H]3CCCN(S(=O)(=O)C4CC4)C3)c3c(C(=O)c4ccc(F)cc4)cn(COCC[Si](C)(C)C)c3n2)cn1. The highest BCUT2D eigenvalue weighted by molar-refractivity contribution is 7.90. The number of carbonyl (C=O) groups excluding carboxylic acids is 1. The van der Waals surface area contributed by atoms with E-state index < -0.39 is 23.9 Å². The molecule has 4 aromatic rings. The summed E-state index contributed by atoms with van der Waals surface area (Å²) in [4.78, 5) is 23.6. The summed E-state index contributed by atoms with van der Waals surface area (Å²) in [7, 11) is -2.88. The second-order valence-electron chi connectivity index (χ2n) is 13.4. The molecule has 0 amide bonds. The van der Waals surface area contributed by atoms with Crippen LogP contribution in [0.4, 0.5) is 21.8 Å². The summed E-state index contributed by atoms with van der Waals surface area (Å²) in [6.07, 6.45) is 8.00. The zero-order valence-corrected chi connectivity index (χ0v) is 28.5. The molecular formula is C31H41FN8O4SSi. The highest BCUT2D eigenvalue weighted by Gasteiger charge is 2.41. The van der Waals surface area contributed by atoms with E-state index in [0.29, 0.717) is 72.6 Å². The summed E-state index contributed by atoms with van der Waals surface area (Å²) in [5, 5.41) is 11.1. The van der Waals surface area contributed by atoms with Gasteiger partial charge in [0.05, 0.1) is 28.1 Å². The first-order valence-corrected chi connectivity index (χ1v) is 20.9. The van der Waals surface area contributed by atoms with Crippen LogP contribution in [0.2, 0.25) is 25.7 Å². The van der Waals surface area contributed by atoms with Crippen molar-refractivity contribution in [1.82, 2.24) is 28.6 Å². The van der Waals surface area contributed by atoms with Crippen molar-refractivity contribution in [2.24, 2.45) is 7.05 Å². The van der Waals surface area contributed by atoms with Crippen molar-refractivity contribution in [3.05, 3.63) is 59.8 Å². The third-order valence-electron chi connectivity index (χ3n) is 8.29. The van der Waals surface area contributed by atoms with Crippen molar-refractivity contribution in [2.45, 2.75) is 69.4 Å². The Balaban J connectivity index is 1.41. The van der Waals surface area contributed by atoms with Crippen LogP contribution >= 0.6 is 0 Å². The number of rotatable bonds is 13. The van der Waals surface area contributed by atoms with E-state index in [1.165, 1.54) is 24.3 Å².